The first kappa shape index (κ1) is 44.2. The molecule has 6 rings (SSSR count). The van der Waals surface area contributed by atoms with E-state index in [1.165, 1.54) is 0 Å². The van der Waals surface area contributed by atoms with Crippen molar-refractivity contribution in [1.82, 2.24) is 19.1 Å². The molecule has 0 saturated carbocycles. The molecule has 4 saturated heterocycles. The summed E-state index contributed by atoms with van der Waals surface area (Å²) in [6.07, 6.45) is -6.52. The summed E-state index contributed by atoms with van der Waals surface area (Å²) < 4.78 is 109. The van der Waals surface area contributed by atoms with Crippen molar-refractivity contribution in [2.24, 2.45) is 0 Å². The Bertz CT molecular complexity index is 2060. The van der Waals surface area contributed by atoms with E-state index in [0.29, 0.717) is 25.7 Å². The van der Waals surface area contributed by atoms with Crippen molar-refractivity contribution >= 4 is 31.3 Å². The minimum Gasteiger partial charge on any atom is -0.346 e. The van der Waals surface area contributed by atoms with Gasteiger partial charge in [0.15, 0.2) is 25.0 Å². The van der Waals surface area contributed by atoms with E-state index in [-0.39, 0.29) is 0 Å². The Balaban J connectivity index is 1.05. The van der Waals surface area contributed by atoms with Gasteiger partial charge in [-0.3, -0.25) is 37.7 Å². The number of aromatic nitrogens is 4. The van der Waals surface area contributed by atoms with Gasteiger partial charge in [0, 0.05) is 24.5 Å². The fourth-order valence-corrected chi connectivity index (χ4v) is 11.3. The number of rotatable bonds is 18. The molecule has 0 amide bonds. The van der Waals surface area contributed by atoms with Crippen LogP contribution in [0.2, 0.25) is 0 Å². The van der Waals surface area contributed by atoms with Gasteiger partial charge in [0.2, 0.25) is 0 Å². The van der Waals surface area contributed by atoms with Gasteiger partial charge in [-0.1, -0.05) is 26.7 Å². The van der Waals surface area contributed by atoms with Crippen LogP contribution < -0.4 is 22.5 Å². The third-order valence-corrected chi connectivity index (χ3v) is 14.4. The molecule has 31 heteroatoms. The third kappa shape index (κ3) is 10.7. The smallest absolute Gasteiger partial charge is 0.346 e. The average Bonchev–Trinajstić information content (AvgIpc) is 3.83. The quantitative estimate of drug-likeness (QED) is 0.109. The maximum absolute atomic E-state index is 12.7. The lowest BCUT2D eigenvalue weighted by Crippen LogP contribution is -2.36. The van der Waals surface area contributed by atoms with Gasteiger partial charge in [0.05, 0.1) is 13.2 Å². The van der Waals surface area contributed by atoms with Gasteiger partial charge < -0.3 is 48.0 Å². The summed E-state index contributed by atoms with van der Waals surface area (Å²) in [7, 11) is -23.8. The molecule has 0 aromatic carbocycles. The van der Waals surface area contributed by atoms with Crippen LogP contribution in [0.15, 0.2) is 43.7 Å². The van der Waals surface area contributed by atoms with Crippen LogP contribution in [-0.4, -0.2) is 101 Å². The number of hydrogen-bond donors (Lipinski definition) is 6. The van der Waals surface area contributed by atoms with Crippen LogP contribution in [0.5, 0.6) is 0 Å². The van der Waals surface area contributed by atoms with Crippen LogP contribution in [0.25, 0.3) is 0 Å². The molecule has 2 aromatic rings. The zero-order chi connectivity index (χ0) is 41.5. The summed E-state index contributed by atoms with van der Waals surface area (Å²) in [5.74, 6) is 0. The van der Waals surface area contributed by atoms with Gasteiger partial charge in [-0.25, -0.2) is 27.8 Å². The van der Waals surface area contributed by atoms with Crippen molar-refractivity contribution in [3.8, 4) is 0 Å². The molecule has 4 aliphatic rings. The predicted molar refractivity (Wildman–Crippen MR) is 182 cm³/mol. The summed E-state index contributed by atoms with van der Waals surface area (Å²) in [6, 6.07) is 2.06. The zero-order valence-electron chi connectivity index (χ0n) is 29.6. The SMILES string of the molecule is CCCC1O[C@@H]2[C@@H](O1)[C@@H](COP(=O)(O)OP(=O)(O)OP(=O)(O)OP(=O)(O)OC[C@@H]1O[C@H](n3ccc(=O)[nH]c3=O)[C@H]3OC(CCC)O[C@H]31)O[C@H]2n1ccc(=O)[nH]c1=O. The summed E-state index contributed by atoms with van der Waals surface area (Å²) in [5, 5.41) is 0. The number of hydrogen-bond acceptors (Lipinski definition) is 19. The molecule has 6 unspecified atom stereocenters. The van der Waals surface area contributed by atoms with Crippen LogP contribution in [0.1, 0.15) is 52.0 Å². The molecule has 0 radical (unpaired) electrons. The highest BCUT2D eigenvalue weighted by atomic mass is 31.3. The molecule has 27 nitrogen and oxygen atoms in total. The lowest BCUT2D eigenvalue weighted by molar-refractivity contribution is -0.153. The molecule has 0 spiro atoms. The molecule has 14 atom stereocenters. The molecule has 4 aliphatic heterocycles. The van der Waals surface area contributed by atoms with E-state index in [9.17, 15) is 57.0 Å². The number of H-pyrrole nitrogens is 2. The van der Waals surface area contributed by atoms with Crippen LogP contribution in [0, 0.1) is 0 Å². The Morgan fingerprint density at radius 3 is 1.28 bits per heavy atom. The number of phosphoric ester groups is 2. The Morgan fingerprint density at radius 2 is 0.930 bits per heavy atom. The van der Waals surface area contributed by atoms with E-state index in [1.54, 1.807) is 0 Å². The van der Waals surface area contributed by atoms with Gasteiger partial charge >= 0.3 is 42.7 Å². The molecular formula is C26H38N4O23P4. The van der Waals surface area contributed by atoms with Crippen molar-refractivity contribution < 1.29 is 88.2 Å². The van der Waals surface area contributed by atoms with Gasteiger partial charge in [-0.15, -0.1) is 0 Å². The molecule has 320 valence electrons. The fraction of sp³-hybridized carbons (Fsp3) is 0.692. The number of nitrogens with zero attached hydrogens (tertiary/aromatic N) is 2. The molecule has 0 aliphatic carbocycles. The fourth-order valence-electron chi connectivity index (χ4n) is 6.32. The molecule has 4 fully saturated rings. The van der Waals surface area contributed by atoms with Crippen molar-refractivity contribution in [3.63, 3.8) is 0 Å². The van der Waals surface area contributed by atoms with Crippen molar-refractivity contribution in [2.45, 2.75) is 101 Å². The monoisotopic (exact) mass is 898 g/mol. The minimum atomic E-state index is -6.17. The van der Waals surface area contributed by atoms with E-state index in [4.69, 9.17) is 37.5 Å². The van der Waals surface area contributed by atoms with E-state index in [0.717, 1.165) is 33.7 Å². The summed E-state index contributed by atoms with van der Waals surface area (Å²) in [6.45, 7) is 1.80. The molecule has 6 heterocycles. The number of fused-ring (bicyclic) bond motifs is 2. The molecule has 0 bridgehead atoms. The highest BCUT2D eigenvalue weighted by molar-refractivity contribution is 7.69. The Hall–Kier alpha value is -2.32. The Labute approximate surface area is 319 Å². The first-order chi connectivity index (χ1) is 26.7. The molecule has 57 heavy (non-hydrogen) atoms. The first-order valence-electron chi connectivity index (χ1n) is 17.0. The second-order valence-corrected chi connectivity index (χ2v) is 18.9. The van der Waals surface area contributed by atoms with Gasteiger partial charge in [-0.2, -0.15) is 12.9 Å². The minimum absolute atomic E-state index is 0.398. The van der Waals surface area contributed by atoms with Crippen molar-refractivity contribution in [3.05, 3.63) is 66.2 Å². The predicted octanol–water partition coefficient (Wildman–Crippen LogP) is 0.187. The molecule has 2 aromatic heterocycles. The number of nitrogens with one attached hydrogen (secondary N) is 2. The number of ether oxygens (including phenoxy) is 6. The van der Waals surface area contributed by atoms with Crippen LogP contribution in [-0.2, 0) is 68.7 Å². The zero-order valence-corrected chi connectivity index (χ0v) is 33.1. The lowest BCUT2D eigenvalue weighted by Gasteiger charge is -2.23. The van der Waals surface area contributed by atoms with Gasteiger partial charge in [0.1, 0.15) is 36.6 Å². The Morgan fingerprint density at radius 1 is 0.579 bits per heavy atom. The highest BCUT2D eigenvalue weighted by Gasteiger charge is 2.56. The van der Waals surface area contributed by atoms with E-state index < -0.39 is 129 Å². The van der Waals surface area contributed by atoms with E-state index in [2.05, 4.69) is 12.9 Å². The van der Waals surface area contributed by atoms with Crippen LogP contribution in [0.4, 0.5) is 0 Å². The number of aromatic amines is 2. The molecule has 6 N–H and O–H groups in total. The second-order valence-electron chi connectivity index (χ2n) is 12.7. The maximum atomic E-state index is 12.7. The normalized spacial score (nSPS) is 33.9. The van der Waals surface area contributed by atoms with Crippen LogP contribution >= 0.6 is 31.3 Å². The highest BCUT2D eigenvalue weighted by Crippen LogP contribution is 2.71. The molecular weight excluding hydrogens is 860 g/mol. The average molecular weight is 898 g/mol. The maximum Gasteiger partial charge on any atom is 0.490 e. The lowest BCUT2D eigenvalue weighted by atomic mass is 10.1. The number of phosphoric acid groups is 4. The van der Waals surface area contributed by atoms with Crippen molar-refractivity contribution in [2.75, 3.05) is 13.2 Å². The standard InChI is InChI=1S/C26H38N4O23P4/c1-3-5-17-47-19-13(45-23(21(19)49-17)29-9-7-15(31)27-25(29)33)11-43-54(35,36)51-56(39,40)53-57(41,42)52-55(37,38)44-12-14-20-22(50-18(48-20)6-4-2)24(46-14)30-10-8-16(32)28-26(30)34/h7-10,13-14,17-24H,3-6,11-12H2,1-2H3,(H,35,36)(H,37,38)(H,39,40)(H,41,42)(H,27,31,33)(H,28,32,34)/t13-,14+,17?,18?,19-,20-,21-,22+,23-,24+/m0/s1. The van der Waals surface area contributed by atoms with Crippen LogP contribution in [0.3, 0.4) is 0 Å². The van der Waals surface area contributed by atoms with Gasteiger partial charge in [0.25, 0.3) is 11.1 Å². The topological polar surface area (TPSA) is 360 Å². The Kier molecular flexibility index (Phi) is 13.5. The third-order valence-electron chi connectivity index (χ3n) is 8.53. The summed E-state index contributed by atoms with van der Waals surface area (Å²) in [4.78, 5) is 92.6. The van der Waals surface area contributed by atoms with Gasteiger partial charge in [-0.05, 0) is 12.8 Å². The van der Waals surface area contributed by atoms with E-state index in [1.807, 2.05) is 23.8 Å². The second kappa shape index (κ2) is 17.3. The van der Waals surface area contributed by atoms with Crippen molar-refractivity contribution in [1.29, 1.82) is 0 Å². The first-order valence-corrected chi connectivity index (χ1v) is 23.0. The summed E-state index contributed by atoms with van der Waals surface area (Å²) in [5.41, 5.74) is -3.18. The summed E-state index contributed by atoms with van der Waals surface area (Å²) >= 11 is 0. The van der Waals surface area contributed by atoms with E-state index >= 15 is 0 Å². The largest absolute Gasteiger partial charge is 0.490 e.